The van der Waals surface area contributed by atoms with Gasteiger partial charge in [0.15, 0.2) is 0 Å². The van der Waals surface area contributed by atoms with E-state index in [4.69, 9.17) is 0 Å². The van der Waals surface area contributed by atoms with Crippen molar-refractivity contribution in [2.45, 2.75) is 30.8 Å². The fraction of sp³-hybridized carbons (Fsp3) is 0.375. The number of fused-ring (bicyclic) bond motifs is 1. The van der Waals surface area contributed by atoms with Crippen LogP contribution < -0.4 is 4.72 Å². The van der Waals surface area contributed by atoms with Crippen molar-refractivity contribution >= 4 is 21.4 Å². The Balaban J connectivity index is 1.62. The molecule has 1 aliphatic heterocycles. The molecule has 0 bridgehead atoms. The normalized spacial score (nSPS) is 17.0. The summed E-state index contributed by atoms with van der Waals surface area (Å²) in [4.78, 5) is 3.65. The summed E-state index contributed by atoms with van der Waals surface area (Å²) in [6.45, 7) is 4.09. The summed E-state index contributed by atoms with van der Waals surface area (Å²) in [5.74, 6) is -0.554. The van der Waals surface area contributed by atoms with Gasteiger partial charge < -0.3 is 0 Å². The zero-order chi connectivity index (χ0) is 16.4. The second-order valence-corrected chi connectivity index (χ2v) is 8.52. The van der Waals surface area contributed by atoms with E-state index in [1.54, 1.807) is 11.3 Å². The molecule has 0 fully saturated rings. The van der Waals surface area contributed by atoms with E-state index < -0.39 is 15.8 Å². The number of nitrogens with zero attached hydrogens (tertiary/aromatic N) is 1. The van der Waals surface area contributed by atoms with Gasteiger partial charge in [-0.15, -0.1) is 11.3 Å². The summed E-state index contributed by atoms with van der Waals surface area (Å²) in [6, 6.07) is 7.27. The zero-order valence-electron chi connectivity index (χ0n) is 12.8. The lowest BCUT2D eigenvalue weighted by Gasteiger charge is -2.32. The second kappa shape index (κ2) is 6.68. The quantitative estimate of drug-likeness (QED) is 0.898. The molecule has 1 aromatic carbocycles. The summed E-state index contributed by atoms with van der Waals surface area (Å²) >= 11 is 1.78. The van der Waals surface area contributed by atoms with Gasteiger partial charge in [0.25, 0.3) is 0 Å². The Labute approximate surface area is 140 Å². The van der Waals surface area contributed by atoms with Crippen molar-refractivity contribution in [3.05, 3.63) is 52.0 Å². The molecule has 1 N–H and O–H groups in total. The third-order valence-corrected chi connectivity index (χ3v) is 6.58. The number of sulfonamides is 1. The first-order valence-electron chi connectivity index (χ1n) is 7.50. The molecule has 4 nitrogen and oxygen atoms in total. The van der Waals surface area contributed by atoms with Crippen LogP contribution in [0, 0.1) is 5.82 Å². The molecule has 3 rings (SSSR count). The minimum atomic E-state index is -3.68. The molecule has 1 unspecified atom stereocenters. The van der Waals surface area contributed by atoms with Crippen molar-refractivity contribution < 1.29 is 12.8 Å². The van der Waals surface area contributed by atoms with E-state index in [1.165, 1.54) is 28.6 Å². The van der Waals surface area contributed by atoms with Crippen molar-refractivity contribution in [1.29, 1.82) is 0 Å². The van der Waals surface area contributed by atoms with Gasteiger partial charge in [-0.2, -0.15) is 0 Å². The molecule has 0 saturated heterocycles. The summed E-state index contributed by atoms with van der Waals surface area (Å²) in [7, 11) is -3.68. The van der Waals surface area contributed by atoms with Gasteiger partial charge in [-0.25, -0.2) is 17.5 Å². The summed E-state index contributed by atoms with van der Waals surface area (Å²) in [6.07, 6.45) is 1.01. The van der Waals surface area contributed by atoms with Crippen LogP contribution in [0.4, 0.5) is 4.39 Å². The van der Waals surface area contributed by atoms with Gasteiger partial charge in [0.05, 0.1) is 4.90 Å². The highest BCUT2D eigenvalue weighted by atomic mass is 32.2. The maximum Gasteiger partial charge on any atom is 0.240 e. The number of hydrogen-bond acceptors (Lipinski definition) is 4. The van der Waals surface area contributed by atoms with Gasteiger partial charge in [-0.05, 0) is 48.6 Å². The summed E-state index contributed by atoms with van der Waals surface area (Å²) < 4.78 is 40.2. The van der Waals surface area contributed by atoms with E-state index in [9.17, 15) is 12.8 Å². The predicted molar refractivity (Wildman–Crippen MR) is 89.5 cm³/mol. The first-order chi connectivity index (χ1) is 11.0. The molecule has 0 spiro atoms. The van der Waals surface area contributed by atoms with Crippen molar-refractivity contribution in [2.24, 2.45) is 0 Å². The van der Waals surface area contributed by atoms with Gasteiger partial charge in [0.1, 0.15) is 5.82 Å². The first-order valence-corrected chi connectivity index (χ1v) is 9.86. The number of nitrogens with one attached hydrogen (secondary N) is 1. The minimum Gasteiger partial charge on any atom is -0.295 e. The van der Waals surface area contributed by atoms with E-state index in [0.29, 0.717) is 6.54 Å². The van der Waals surface area contributed by atoms with Gasteiger partial charge in [-0.1, -0.05) is 6.07 Å². The van der Waals surface area contributed by atoms with E-state index in [2.05, 4.69) is 21.1 Å². The maximum absolute atomic E-state index is 13.2. The highest BCUT2D eigenvalue weighted by Crippen LogP contribution is 2.25. The van der Waals surface area contributed by atoms with Crippen LogP contribution in [-0.4, -0.2) is 32.4 Å². The van der Waals surface area contributed by atoms with Crippen molar-refractivity contribution in [3.63, 3.8) is 0 Å². The minimum absolute atomic E-state index is 0.0385. The van der Waals surface area contributed by atoms with Crippen LogP contribution in [0.15, 0.2) is 40.6 Å². The maximum atomic E-state index is 13.2. The van der Waals surface area contributed by atoms with Gasteiger partial charge >= 0.3 is 0 Å². The van der Waals surface area contributed by atoms with Gasteiger partial charge in [-0.3, -0.25) is 4.90 Å². The van der Waals surface area contributed by atoms with Crippen LogP contribution in [0.5, 0.6) is 0 Å². The lowest BCUT2D eigenvalue weighted by molar-refractivity contribution is 0.193. The lowest BCUT2D eigenvalue weighted by atomic mass is 10.1. The van der Waals surface area contributed by atoms with Gasteiger partial charge in [0.2, 0.25) is 10.0 Å². The molecular weight excluding hydrogens is 335 g/mol. The molecule has 0 radical (unpaired) electrons. The number of hydrogen-bond donors (Lipinski definition) is 1. The van der Waals surface area contributed by atoms with Crippen LogP contribution in [0.3, 0.4) is 0 Å². The zero-order valence-corrected chi connectivity index (χ0v) is 14.5. The molecular formula is C16H19FN2O2S2. The lowest BCUT2D eigenvalue weighted by Crippen LogP contribution is -2.44. The van der Waals surface area contributed by atoms with Gasteiger partial charge in [0, 0.05) is 30.6 Å². The van der Waals surface area contributed by atoms with Crippen LogP contribution in [0.1, 0.15) is 17.4 Å². The summed E-state index contributed by atoms with van der Waals surface area (Å²) in [5.41, 5.74) is 1.33. The fourth-order valence-electron chi connectivity index (χ4n) is 2.72. The van der Waals surface area contributed by atoms with Crippen molar-refractivity contribution in [3.8, 4) is 0 Å². The standard InChI is InChI=1S/C16H19FN2O2S2/c1-12(19-7-5-16-13(11-19)6-8-22-16)10-18-23(20,21)15-4-2-3-14(17)9-15/h2-4,6,8-9,12,18H,5,7,10-11H2,1H3. The Morgan fingerprint density at radius 2 is 2.22 bits per heavy atom. The Kier molecular flexibility index (Phi) is 4.82. The number of thiophene rings is 1. The van der Waals surface area contributed by atoms with Crippen molar-refractivity contribution in [2.75, 3.05) is 13.1 Å². The molecule has 1 aliphatic rings. The van der Waals surface area contributed by atoms with Crippen molar-refractivity contribution in [1.82, 2.24) is 9.62 Å². The smallest absolute Gasteiger partial charge is 0.240 e. The third-order valence-electron chi connectivity index (χ3n) is 4.14. The summed E-state index contributed by atoms with van der Waals surface area (Å²) in [5, 5.41) is 2.10. The van der Waals surface area contributed by atoms with E-state index >= 15 is 0 Å². The molecule has 23 heavy (non-hydrogen) atoms. The molecule has 124 valence electrons. The molecule has 1 aromatic heterocycles. The molecule has 2 aromatic rings. The highest BCUT2D eigenvalue weighted by Gasteiger charge is 2.23. The molecule has 7 heteroatoms. The Bertz CT molecular complexity index is 789. The molecule has 0 aliphatic carbocycles. The highest BCUT2D eigenvalue weighted by molar-refractivity contribution is 7.89. The Hall–Kier alpha value is -1.28. The second-order valence-electron chi connectivity index (χ2n) is 5.75. The average Bonchev–Trinajstić information content (AvgIpc) is 3.00. The molecule has 1 atom stereocenters. The number of benzene rings is 1. The predicted octanol–water partition coefficient (Wildman–Crippen LogP) is 2.61. The van der Waals surface area contributed by atoms with Crippen LogP contribution in [0.2, 0.25) is 0 Å². The van der Waals surface area contributed by atoms with Crippen LogP contribution in [-0.2, 0) is 23.0 Å². The molecule has 0 saturated carbocycles. The Morgan fingerprint density at radius 1 is 1.39 bits per heavy atom. The molecule has 0 amide bonds. The monoisotopic (exact) mass is 354 g/mol. The largest absolute Gasteiger partial charge is 0.295 e. The average molecular weight is 354 g/mol. The van der Waals surface area contributed by atoms with Crippen LogP contribution >= 0.6 is 11.3 Å². The van der Waals surface area contributed by atoms with E-state index in [-0.39, 0.29) is 10.9 Å². The van der Waals surface area contributed by atoms with E-state index in [1.807, 2.05) is 6.92 Å². The first kappa shape index (κ1) is 16.6. The molecule has 2 heterocycles. The number of rotatable bonds is 5. The topological polar surface area (TPSA) is 49.4 Å². The SMILES string of the molecule is CC(CNS(=O)(=O)c1cccc(F)c1)N1CCc2sccc2C1. The Morgan fingerprint density at radius 3 is 3.00 bits per heavy atom. The third kappa shape index (κ3) is 3.80. The number of halogens is 1. The van der Waals surface area contributed by atoms with E-state index in [0.717, 1.165) is 25.6 Å². The van der Waals surface area contributed by atoms with Crippen LogP contribution in [0.25, 0.3) is 0 Å². The fourth-order valence-corrected chi connectivity index (χ4v) is 4.77.